The van der Waals surface area contributed by atoms with Gasteiger partial charge in [0.2, 0.25) is 0 Å². The quantitative estimate of drug-likeness (QED) is 0.357. The topological polar surface area (TPSA) is 94.8 Å². The number of fused-ring (bicyclic) bond motifs is 1. The van der Waals surface area contributed by atoms with Gasteiger partial charge in [-0.2, -0.15) is 0 Å². The Labute approximate surface area is 189 Å². The van der Waals surface area contributed by atoms with Gasteiger partial charge in [0.05, 0.1) is 12.2 Å². The van der Waals surface area contributed by atoms with Crippen LogP contribution in [0.4, 0.5) is 0 Å². The SMILES string of the molecule is O=C(O)CCCC=CC[C@H]1C(=O)C[C@@H](O)[C@@H]1C=C[C@@H](O)CCc1ccc2ccccc2c1. The van der Waals surface area contributed by atoms with Gasteiger partial charge in [-0.05, 0) is 48.4 Å². The summed E-state index contributed by atoms with van der Waals surface area (Å²) >= 11 is 0. The van der Waals surface area contributed by atoms with Crippen molar-refractivity contribution in [3.05, 3.63) is 72.3 Å². The first kappa shape index (κ1) is 23.9. The monoisotopic (exact) mass is 436 g/mol. The van der Waals surface area contributed by atoms with Gasteiger partial charge in [0.1, 0.15) is 5.78 Å². The number of aliphatic carboxylic acids is 1. The predicted molar refractivity (Wildman–Crippen MR) is 125 cm³/mol. The van der Waals surface area contributed by atoms with E-state index >= 15 is 0 Å². The molecule has 0 saturated heterocycles. The Hall–Kier alpha value is -2.76. The van der Waals surface area contributed by atoms with E-state index in [2.05, 4.69) is 30.3 Å². The number of hydrogen-bond donors (Lipinski definition) is 3. The van der Waals surface area contributed by atoms with Gasteiger partial charge >= 0.3 is 5.97 Å². The van der Waals surface area contributed by atoms with Crippen molar-refractivity contribution < 1.29 is 24.9 Å². The summed E-state index contributed by atoms with van der Waals surface area (Å²) in [6.07, 6.45) is 9.27. The summed E-state index contributed by atoms with van der Waals surface area (Å²) in [4.78, 5) is 22.8. The number of carbonyl (C=O) groups is 2. The van der Waals surface area contributed by atoms with Crippen molar-refractivity contribution in [3.63, 3.8) is 0 Å². The number of aryl methyl sites for hydroxylation is 1. The van der Waals surface area contributed by atoms with Crippen LogP contribution >= 0.6 is 0 Å². The van der Waals surface area contributed by atoms with E-state index in [1.807, 2.05) is 24.3 Å². The zero-order chi connectivity index (χ0) is 22.9. The fourth-order valence-corrected chi connectivity index (χ4v) is 4.32. The average Bonchev–Trinajstić information content (AvgIpc) is 3.04. The van der Waals surface area contributed by atoms with Crippen LogP contribution in [-0.2, 0) is 16.0 Å². The molecule has 0 amide bonds. The second-order valence-electron chi connectivity index (χ2n) is 8.59. The van der Waals surface area contributed by atoms with Gasteiger partial charge in [-0.1, -0.05) is 66.8 Å². The molecular weight excluding hydrogens is 404 g/mol. The van der Waals surface area contributed by atoms with Crippen molar-refractivity contribution >= 4 is 22.5 Å². The highest BCUT2D eigenvalue weighted by Gasteiger charge is 2.39. The number of carbonyl (C=O) groups excluding carboxylic acids is 1. The van der Waals surface area contributed by atoms with Crippen molar-refractivity contribution in [1.82, 2.24) is 0 Å². The molecule has 0 heterocycles. The van der Waals surface area contributed by atoms with Gasteiger partial charge in [0.25, 0.3) is 0 Å². The van der Waals surface area contributed by atoms with Crippen molar-refractivity contribution in [2.24, 2.45) is 11.8 Å². The first-order valence-corrected chi connectivity index (χ1v) is 11.4. The van der Waals surface area contributed by atoms with Gasteiger partial charge in [-0.25, -0.2) is 0 Å². The van der Waals surface area contributed by atoms with E-state index in [1.165, 1.54) is 10.8 Å². The highest BCUT2D eigenvalue weighted by molar-refractivity contribution is 5.85. The number of rotatable bonds is 11. The van der Waals surface area contributed by atoms with E-state index in [4.69, 9.17) is 5.11 Å². The maximum absolute atomic E-state index is 12.3. The number of ketones is 1. The van der Waals surface area contributed by atoms with Gasteiger partial charge in [-0.15, -0.1) is 0 Å². The molecule has 5 nitrogen and oxygen atoms in total. The van der Waals surface area contributed by atoms with E-state index < -0.39 is 18.2 Å². The Morgan fingerprint density at radius 3 is 2.69 bits per heavy atom. The third-order valence-electron chi connectivity index (χ3n) is 6.15. The summed E-state index contributed by atoms with van der Waals surface area (Å²) in [6, 6.07) is 14.5. The number of aliphatic hydroxyl groups excluding tert-OH is 2. The van der Waals surface area contributed by atoms with Crippen LogP contribution in [0.1, 0.15) is 44.1 Å². The number of aliphatic hydroxyl groups is 2. The minimum absolute atomic E-state index is 0.0352. The molecule has 4 atom stereocenters. The normalized spacial score (nSPS) is 22.3. The molecule has 1 saturated carbocycles. The molecule has 32 heavy (non-hydrogen) atoms. The molecule has 1 aliphatic rings. The summed E-state index contributed by atoms with van der Waals surface area (Å²) in [5.74, 6) is -1.38. The number of hydrogen-bond acceptors (Lipinski definition) is 4. The van der Waals surface area contributed by atoms with Crippen LogP contribution in [0.5, 0.6) is 0 Å². The van der Waals surface area contributed by atoms with E-state index in [-0.39, 0.29) is 30.5 Å². The molecule has 0 unspecified atom stereocenters. The Morgan fingerprint density at radius 1 is 1.12 bits per heavy atom. The Morgan fingerprint density at radius 2 is 1.91 bits per heavy atom. The molecular formula is C27H32O5. The van der Waals surface area contributed by atoms with Crippen molar-refractivity contribution in [2.45, 2.75) is 57.2 Å². The number of unbranched alkanes of at least 4 members (excludes halogenated alkanes) is 1. The molecule has 0 aromatic heterocycles. The lowest BCUT2D eigenvalue weighted by Gasteiger charge is -2.16. The molecule has 0 spiro atoms. The molecule has 0 bridgehead atoms. The lowest BCUT2D eigenvalue weighted by atomic mass is 9.90. The zero-order valence-corrected chi connectivity index (χ0v) is 18.3. The first-order valence-electron chi connectivity index (χ1n) is 11.4. The summed E-state index contributed by atoms with van der Waals surface area (Å²) < 4.78 is 0. The highest BCUT2D eigenvalue weighted by Crippen LogP contribution is 2.33. The van der Waals surface area contributed by atoms with E-state index in [0.29, 0.717) is 25.7 Å². The van der Waals surface area contributed by atoms with Gasteiger partial charge in [0, 0.05) is 24.7 Å². The van der Waals surface area contributed by atoms with E-state index in [9.17, 15) is 19.8 Å². The zero-order valence-electron chi connectivity index (χ0n) is 18.3. The molecule has 170 valence electrons. The smallest absolute Gasteiger partial charge is 0.303 e. The first-order chi connectivity index (χ1) is 15.4. The summed E-state index contributed by atoms with van der Waals surface area (Å²) in [6.45, 7) is 0. The number of Topliss-reactive ketones (excluding diaryl/α,β-unsaturated/α-hetero) is 1. The van der Waals surface area contributed by atoms with Gasteiger partial charge in [0.15, 0.2) is 0 Å². The van der Waals surface area contributed by atoms with E-state index in [0.717, 1.165) is 12.0 Å². The standard InChI is InChI=1S/C27H32O5/c28-22(14-12-19-11-13-20-7-5-6-8-21(20)17-19)15-16-24-23(25(29)18-26(24)30)9-3-1-2-4-10-27(31)32/h1,3,5-8,11,13,15-17,22-24,26,28,30H,2,4,9-10,12,14,18H2,(H,31,32)/t22-,23+,24+,26+/m0/s1. The van der Waals surface area contributed by atoms with E-state index in [1.54, 1.807) is 12.2 Å². The lowest BCUT2D eigenvalue weighted by molar-refractivity contribution is -0.137. The molecule has 1 fully saturated rings. The van der Waals surface area contributed by atoms with Crippen LogP contribution in [0.15, 0.2) is 66.8 Å². The van der Waals surface area contributed by atoms with Crippen LogP contribution in [-0.4, -0.2) is 39.3 Å². The van der Waals surface area contributed by atoms with Crippen molar-refractivity contribution in [3.8, 4) is 0 Å². The number of allylic oxidation sites excluding steroid dienone is 2. The fraction of sp³-hybridized carbons (Fsp3) is 0.407. The van der Waals surface area contributed by atoms with Gasteiger partial charge in [-0.3, -0.25) is 9.59 Å². The second-order valence-corrected chi connectivity index (χ2v) is 8.59. The molecule has 2 aromatic rings. The minimum atomic E-state index is -0.808. The van der Waals surface area contributed by atoms with Crippen LogP contribution in [0, 0.1) is 11.8 Å². The van der Waals surface area contributed by atoms with Crippen LogP contribution in [0.25, 0.3) is 10.8 Å². The summed E-state index contributed by atoms with van der Waals surface area (Å²) in [5.41, 5.74) is 1.16. The Bertz CT molecular complexity index is 977. The summed E-state index contributed by atoms with van der Waals surface area (Å²) in [5, 5.41) is 31.8. The highest BCUT2D eigenvalue weighted by atomic mass is 16.4. The third-order valence-corrected chi connectivity index (χ3v) is 6.15. The third kappa shape index (κ3) is 6.87. The van der Waals surface area contributed by atoms with Crippen molar-refractivity contribution in [2.75, 3.05) is 0 Å². The number of carboxylic acid groups (broad SMARTS) is 1. The molecule has 0 aliphatic heterocycles. The minimum Gasteiger partial charge on any atom is -0.481 e. The van der Waals surface area contributed by atoms with Crippen LogP contribution in [0.2, 0.25) is 0 Å². The number of benzene rings is 2. The number of carboxylic acids is 1. The maximum atomic E-state index is 12.3. The summed E-state index contributed by atoms with van der Waals surface area (Å²) in [7, 11) is 0. The molecule has 3 N–H and O–H groups in total. The average molecular weight is 437 g/mol. The molecule has 2 aromatic carbocycles. The lowest BCUT2D eigenvalue weighted by Crippen LogP contribution is -2.19. The van der Waals surface area contributed by atoms with Crippen molar-refractivity contribution in [1.29, 1.82) is 0 Å². The van der Waals surface area contributed by atoms with Crippen LogP contribution in [0.3, 0.4) is 0 Å². The second kappa shape index (κ2) is 11.7. The predicted octanol–water partition coefficient (Wildman–Crippen LogP) is 4.46. The molecule has 1 aliphatic carbocycles. The molecule has 5 heteroatoms. The fourth-order valence-electron chi connectivity index (χ4n) is 4.32. The van der Waals surface area contributed by atoms with Gasteiger partial charge < -0.3 is 15.3 Å². The maximum Gasteiger partial charge on any atom is 0.303 e. The molecule has 3 rings (SSSR count). The Kier molecular flexibility index (Phi) is 8.77. The largest absolute Gasteiger partial charge is 0.481 e. The molecule has 0 radical (unpaired) electrons. The Balaban J connectivity index is 1.51. The van der Waals surface area contributed by atoms with Crippen LogP contribution < -0.4 is 0 Å².